The summed E-state index contributed by atoms with van der Waals surface area (Å²) in [7, 11) is 0. The first kappa shape index (κ1) is 12.4. The van der Waals surface area contributed by atoms with Gasteiger partial charge in [-0.05, 0) is 52.2 Å². The maximum Gasteiger partial charge on any atom is 0.190 e. The van der Waals surface area contributed by atoms with E-state index in [1.165, 1.54) is 0 Å². The quantitative estimate of drug-likeness (QED) is 0.323. The van der Waals surface area contributed by atoms with Crippen LogP contribution in [-0.2, 0) is 0 Å². The van der Waals surface area contributed by atoms with Crippen molar-refractivity contribution in [3.63, 3.8) is 0 Å². The van der Waals surface area contributed by atoms with E-state index in [-0.39, 0.29) is 5.78 Å². The van der Waals surface area contributed by atoms with Crippen molar-refractivity contribution in [2.45, 2.75) is 6.92 Å². The fourth-order valence-electron chi connectivity index (χ4n) is 2.50. The highest BCUT2D eigenvalue weighted by atomic mass is 16.1. The standard InChI is InChI=1S/C18H15NO/c1-11(2)18(20)17-15-10-13-6-4-3-5-12(13)9-14(15)7-8-16(17)19/h3-10H,1,19H2,2H3. The van der Waals surface area contributed by atoms with Crippen molar-refractivity contribution < 1.29 is 4.79 Å². The molecule has 0 saturated carbocycles. The van der Waals surface area contributed by atoms with Gasteiger partial charge in [0.2, 0.25) is 0 Å². The number of carbonyl (C=O) groups excluding carboxylic acids is 1. The van der Waals surface area contributed by atoms with Crippen LogP contribution >= 0.6 is 0 Å². The van der Waals surface area contributed by atoms with Crippen LogP contribution in [0.15, 0.2) is 60.7 Å². The van der Waals surface area contributed by atoms with E-state index in [9.17, 15) is 4.79 Å². The molecule has 98 valence electrons. The highest BCUT2D eigenvalue weighted by molar-refractivity contribution is 6.20. The molecule has 3 aromatic carbocycles. The molecule has 2 nitrogen and oxygen atoms in total. The minimum Gasteiger partial charge on any atom is -0.398 e. The van der Waals surface area contributed by atoms with Crippen LogP contribution in [0.1, 0.15) is 17.3 Å². The van der Waals surface area contributed by atoms with Crippen LogP contribution < -0.4 is 5.73 Å². The molecule has 0 amide bonds. The molecule has 20 heavy (non-hydrogen) atoms. The Morgan fingerprint density at radius 1 is 1.00 bits per heavy atom. The van der Waals surface area contributed by atoms with Crippen LogP contribution in [0.25, 0.3) is 21.5 Å². The second kappa shape index (κ2) is 4.49. The molecule has 0 heterocycles. The second-order valence-corrected chi connectivity index (χ2v) is 5.06. The SMILES string of the molecule is C=C(C)C(=O)c1c(N)ccc2cc3ccccc3cc12. The Kier molecular flexibility index (Phi) is 2.79. The summed E-state index contributed by atoms with van der Waals surface area (Å²) in [4.78, 5) is 12.3. The van der Waals surface area contributed by atoms with Crippen LogP contribution in [0.3, 0.4) is 0 Å². The lowest BCUT2D eigenvalue weighted by molar-refractivity contribution is 0.103. The maximum absolute atomic E-state index is 12.3. The Labute approximate surface area is 117 Å². The van der Waals surface area contributed by atoms with Gasteiger partial charge in [0.25, 0.3) is 0 Å². The van der Waals surface area contributed by atoms with E-state index in [0.717, 1.165) is 21.5 Å². The molecule has 0 spiro atoms. The summed E-state index contributed by atoms with van der Waals surface area (Å²) in [5, 5.41) is 4.15. The van der Waals surface area contributed by atoms with Crippen LogP contribution in [0.2, 0.25) is 0 Å². The maximum atomic E-state index is 12.3. The molecule has 0 aromatic heterocycles. The van der Waals surface area contributed by atoms with Gasteiger partial charge in [0.05, 0.1) is 5.56 Å². The minimum absolute atomic E-state index is 0.0941. The largest absolute Gasteiger partial charge is 0.398 e. The number of ketones is 1. The van der Waals surface area contributed by atoms with E-state index < -0.39 is 0 Å². The van der Waals surface area contributed by atoms with Gasteiger partial charge in [-0.1, -0.05) is 36.9 Å². The van der Waals surface area contributed by atoms with E-state index in [0.29, 0.717) is 16.8 Å². The number of Topliss-reactive ketones (excluding diaryl/α,β-unsaturated/α-hetero) is 1. The number of anilines is 1. The zero-order valence-electron chi connectivity index (χ0n) is 11.3. The predicted molar refractivity (Wildman–Crippen MR) is 85.0 cm³/mol. The summed E-state index contributed by atoms with van der Waals surface area (Å²) >= 11 is 0. The van der Waals surface area contributed by atoms with Crippen molar-refractivity contribution in [2.75, 3.05) is 5.73 Å². The summed E-state index contributed by atoms with van der Waals surface area (Å²) in [6.07, 6.45) is 0. The summed E-state index contributed by atoms with van der Waals surface area (Å²) in [5.41, 5.74) is 7.56. The smallest absolute Gasteiger partial charge is 0.190 e. The first-order chi connectivity index (χ1) is 9.58. The lowest BCUT2D eigenvalue weighted by Crippen LogP contribution is -2.05. The van der Waals surface area contributed by atoms with E-state index in [4.69, 9.17) is 5.73 Å². The topological polar surface area (TPSA) is 43.1 Å². The molecule has 2 heteroatoms. The summed E-state index contributed by atoms with van der Waals surface area (Å²) in [6, 6.07) is 15.9. The van der Waals surface area contributed by atoms with Crippen molar-refractivity contribution in [3.8, 4) is 0 Å². The van der Waals surface area contributed by atoms with E-state index in [1.807, 2.05) is 30.3 Å². The molecule has 2 N–H and O–H groups in total. The molecular formula is C18H15NO. The Balaban J connectivity index is 2.43. The molecule has 0 aliphatic heterocycles. The lowest BCUT2D eigenvalue weighted by Gasteiger charge is -2.10. The second-order valence-electron chi connectivity index (χ2n) is 5.06. The van der Waals surface area contributed by atoms with Gasteiger partial charge in [0, 0.05) is 5.69 Å². The third kappa shape index (κ3) is 1.86. The Morgan fingerprint density at radius 2 is 1.65 bits per heavy atom. The van der Waals surface area contributed by atoms with Gasteiger partial charge in [-0.3, -0.25) is 4.79 Å². The van der Waals surface area contributed by atoms with Crippen molar-refractivity contribution in [1.29, 1.82) is 0 Å². The Morgan fingerprint density at radius 3 is 2.30 bits per heavy atom. The predicted octanol–water partition coefficient (Wildman–Crippen LogP) is 4.33. The number of allylic oxidation sites excluding steroid dienone is 1. The van der Waals surface area contributed by atoms with Crippen molar-refractivity contribution in [2.24, 2.45) is 0 Å². The zero-order valence-corrected chi connectivity index (χ0v) is 11.3. The molecule has 3 rings (SSSR count). The number of nitrogens with two attached hydrogens (primary N) is 1. The molecule has 0 unspecified atom stereocenters. The first-order valence-corrected chi connectivity index (χ1v) is 6.49. The van der Waals surface area contributed by atoms with Gasteiger partial charge in [-0.2, -0.15) is 0 Å². The van der Waals surface area contributed by atoms with E-state index in [1.54, 1.807) is 13.0 Å². The number of carbonyl (C=O) groups is 1. The number of benzene rings is 3. The van der Waals surface area contributed by atoms with E-state index in [2.05, 4.69) is 18.7 Å². The average molecular weight is 261 g/mol. The molecule has 0 radical (unpaired) electrons. The highest BCUT2D eigenvalue weighted by Gasteiger charge is 2.15. The summed E-state index contributed by atoms with van der Waals surface area (Å²) < 4.78 is 0. The Hall–Kier alpha value is -2.61. The Bertz CT molecular complexity index is 862. The third-order valence-corrected chi connectivity index (χ3v) is 3.53. The molecule has 0 aliphatic carbocycles. The van der Waals surface area contributed by atoms with E-state index >= 15 is 0 Å². The number of hydrogen-bond donors (Lipinski definition) is 1. The number of fused-ring (bicyclic) bond motifs is 2. The molecule has 0 fully saturated rings. The highest BCUT2D eigenvalue weighted by Crippen LogP contribution is 2.30. The monoisotopic (exact) mass is 261 g/mol. The third-order valence-electron chi connectivity index (χ3n) is 3.53. The van der Waals surface area contributed by atoms with Crippen LogP contribution in [0.4, 0.5) is 5.69 Å². The van der Waals surface area contributed by atoms with Crippen LogP contribution in [-0.4, -0.2) is 5.78 Å². The average Bonchev–Trinajstić information content (AvgIpc) is 2.44. The summed E-state index contributed by atoms with van der Waals surface area (Å²) in [5.74, 6) is -0.0941. The van der Waals surface area contributed by atoms with Crippen molar-refractivity contribution >= 4 is 33.0 Å². The normalized spacial score (nSPS) is 10.8. The van der Waals surface area contributed by atoms with Gasteiger partial charge in [0.15, 0.2) is 5.78 Å². The van der Waals surface area contributed by atoms with Gasteiger partial charge in [0.1, 0.15) is 0 Å². The van der Waals surface area contributed by atoms with Crippen molar-refractivity contribution in [1.82, 2.24) is 0 Å². The van der Waals surface area contributed by atoms with Crippen LogP contribution in [0.5, 0.6) is 0 Å². The van der Waals surface area contributed by atoms with Gasteiger partial charge in [-0.15, -0.1) is 0 Å². The number of hydrogen-bond acceptors (Lipinski definition) is 2. The molecule has 0 atom stereocenters. The summed E-state index contributed by atoms with van der Waals surface area (Å²) in [6.45, 7) is 5.45. The number of nitrogen functional groups attached to an aromatic ring is 1. The van der Waals surface area contributed by atoms with Crippen LogP contribution in [0, 0.1) is 0 Å². The van der Waals surface area contributed by atoms with Crippen molar-refractivity contribution in [3.05, 3.63) is 66.2 Å². The lowest BCUT2D eigenvalue weighted by atomic mass is 9.94. The first-order valence-electron chi connectivity index (χ1n) is 6.49. The van der Waals surface area contributed by atoms with Gasteiger partial charge in [-0.25, -0.2) is 0 Å². The minimum atomic E-state index is -0.0941. The molecule has 0 saturated heterocycles. The zero-order chi connectivity index (χ0) is 14.3. The fourth-order valence-corrected chi connectivity index (χ4v) is 2.50. The molecule has 3 aromatic rings. The van der Waals surface area contributed by atoms with Gasteiger partial charge < -0.3 is 5.73 Å². The van der Waals surface area contributed by atoms with Gasteiger partial charge >= 0.3 is 0 Å². The fraction of sp³-hybridized carbons (Fsp3) is 0.0556. The molecular weight excluding hydrogens is 246 g/mol. The molecule has 0 aliphatic rings. The molecule has 0 bridgehead atoms. The number of rotatable bonds is 2.